The second kappa shape index (κ2) is 8.22. The molecule has 3 aromatic rings. The Kier molecular flexibility index (Phi) is 5.43. The molecule has 0 amide bonds. The van der Waals surface area contributed by atoms with Crippen molar-refractivity contribution < 1.29 is 49.8 Å². The number of rotatable bonds is 2. The first kappa shape index (κ1) is 25.1. The third kappa shape index (κ3) is 3.20. The SMILES string of the molecule is Cc1cc(O)c2c(c1)C(=O)c1cc(O)c([C@H]3O[C@H](C)[C@@H](C)c4c(C)c(O)c(C(=O)O)c(O)c43)c(O)c1C2=O. The molecule has 6 N–H and O–H groups in total. The van der Waals surface area contributed by atoms with E-state index in [1.807, 2.05) is 0 Å². The van der Waals surface area contributed by atoms with Crippen molar-refractivity contribution in [2.75, 3.05) is 0 Å². The van der Waals surface area contributed by atoms with Crippen molar-refractivity contribution in [3.05, 3.63) is 73.8 Å². The van der Waals surface area contributed by atoms with Crippen molar-refractivity contribution in [1.82, 2.24) is 0 Å². The number of carboxylic acid groups (broad SMARTS) is 1. The normalized spacial score (nSPS) is 20.1. The van der Waals surface area contributed by atoms with E-state index in [9.17, 15) is 45.0 Å². The first-order valence-electron chi connectivity index (χ1n) is 11.8. The van der Waals surface area contributed by atoms with Gasteiger partial charge in [0.1, 0.15) is 40.4 Å². The van der Waals surface area contributed by atoms with Gasteiger partial charge in [-0.15, -0.1) is 0 Å². The van der Waals surface area contributed by atoms with Crippen molar-refractivity contribution in [2.24, 2.45) is 0 Å². The topological polar surface area (TPSA) is 182 Å². The van der Waals surface area contributed by atoms with Crippen LogP contribution in [0.2, 0.25) is 0 Å². The monoisotopic (exact) mass is 520 g/mol. The van der Waals surface area contributed by atoms with E-state index in [0.29, 0.717) is 11.1 Å². The average molecular weight is 520 g/mol. The number of aryl methyl sites for hydroxylation is 1. The number of fused-ring (bicyclic) bond motifs is 3. The number of carbonyl (C=O) groups excluding carboxylic acids is 2. The molecule has 1 aliphatic heterocycles. The van der Waals surface area contributed by atoms with E-state index in [1.165, 1.54) is 19.1 Å². The first-order chi connectivity index (χ1) is 17.8. The summed E-state index contributed by atoms with van der Waals surface area (Å²) in [6.45, 7) is 6.52. The lowest BCUT2D eigenvalue weighted by Crippen LogP contribution is -2.30. The molecule has 38 heavy (non-hydrogen) atoms. The van der Waals surface area contributed by atoms with Crippen LogP contribution in [0.3, 0.4) is 0 Å². The van der Waals surface area contributed by atoms with Crippen molar-refractivity contribution in [3.63, 3.8) is 0 Å². The quantitative estimate of drug-likeness (QED) is 0.227. The molecule has 1 aliphatic carbocycles. The number of benzene rings is 3. The molecule has 3 aromatic carbocycles. The zero-order chi connectivity index (χ0) is 28.0. The Morgan fingerprint density at radius 3 is 2.03 bits per heavy atom. The molecular formula is C28H24O10. The maximum Gasteiger partial charge on any atom is 0.343 e. The van der Waals surface area contributed by atoms with Crippen LogP contribution in [0.25, 0.3) is 0 Å². The summed E-state index contributed by atoms with van der Waals surface area (Å²) >= 11 is 0. The summed E-state index contributed by atoms with van der Waals surface area (Å²) in [6.07, 6.45) is -2.09. The fraction of sp³-hybridized carbons (Fsp3) is 0.250. The van der Waals surface area contributed by atoms with Crippen LogP contribution in [0.4, 0.5) is 0 Å². The summed E-state index contributed by atoms with van der Waals surface area (Å²) in [7, 11) is 0. The van der Waals surface area contributed by atoms with Gasteiger partial charge in [-0.05, 0) is 55.7 Å². The number of hydrogen-bond donors (Lipinski definition) is 6. The Hall–Kier alpha value is -4.57. The summed E-state index contributed by atoms with van der Waals surface area (Å²) in [4.78, 5) is 38.6. The molecule has 5 rings (SSSR count). The van der Waals surface area contributed by atoms with Crippen LogP contribution in [-0.2, 0) is 4.74 Å². The van der Waals surface area contributed by atoms with Crippen LogP contribution in [0.1, 0.15) is 95.9 Å². The predicted molar refractivity (Wildman–Crippen MR) is 132 cm³/mol. The largest absolute Gasteiger partial charge is 0.507 e. The van der Waals surface area contributed by atoms with Gasteiger partial charge in [0, 0.05) is 22.6 Å². The molecule has 196 valence electrons. The molecule has 0 radical (unpaired) electrons. The van der Waals surface area contributed by atoms with Crippen LogP contribution >= 0.6 is 0 Å². The van der Waals surface area contributed by atoms with Gasteiger partial charge in [-0.25, -0.2) is 4.79 Å². The second-order valence-corrected chi connectivity index (χ2v) is 9.79. The molecule has 0 unspecified atom stereocenters. The fourth-order valence-corrected chi connectivity index (χ4v) is 5.59. The molecule has 1 heterocycles. The minimum Gasteiger partial charge on any atom is -0.507 e. The molecule has 2 aliphatic rings. The number of phenolic OH excluding ortho intramolecular Hbond substituents is 3. The Bertz CT molecular complexity index is 1620. The highest BCUT2D eigenvalue weighted by Gasteiger charge is 2.43. The fourth-order valence-electron chi connectivity index (χ4n) is 5.59. The van der Waals surface area contributed by atoms with Crippen LogP contribution in [0.15, 0.2) is 18.2 Å². The second-order valence-electron chi connectivity index (χ2n) is 9.79. The van der Waals surface area contributed by atoms with Crippen molar-refractivity contribution >= 4 is 17.5 Å². The third-order valence-electron chi connectivity index (χ3n) is 7.55. The highest BCUT2D eigenvalue weighted by molar-refractivity contribution is 6.30. The maximum absolute atomic E-state index is 13.5. The zero-order valence-electron chi connectivity index (χ0n) is 20.8. The van der Waals surface area contributed by atoms with Crippen LogP contribution in [0.5, 0.6) is 28.7 Å². The van der Waals surface area contributed by atoms with Gasteiger partial charge in [0.05, 0.1) is 22.8 Å². The number of carboxylic acids is 1. The molecule has 0 spiro atoms. The number of hydrogen-bond acceptors (Lipinski definition) is 9. The van der Waals surface area contributed by atoms with E-state index in [4.69, 9.17) is 4.74 Å². The summed E-state index contributed by atoms with van der Waals surface area (Å²) < 4.78 is 6.05. The Morgan fingerprint density at radius 2 is 1.39 bits per heavy atom. The van der Waals surface area contributed by atoms with Gasteiger partial charge in [0.15, 0.2) is 5.78 Å². The summed E-state index contributed by atoms with van der Waals surface area (Å²) in [5, 5.41) is 64.0. The summed E-state index contributed by atoms with van der Waals surface area (Å²) in [6, 6.07) is 3.73. The maximum atomic E-state index is 13.5. The molecule has 0 fully saturated rings. The lowest BCUT2D eigenvalue weighted by molar-refractivity contribution is -0.0112. The van der Waals surface area contributed by atoms with Gasteiger partial charge < -0.3 is 35.4 Å². The Morgan fingerprint density at radius 1 is 0.763 bits per heavy atom. The highest BCUT2D eigenvalue weighted by atomic mass is 16.5. The Balaban J connectivity index is 1.82. The van der Waals surface area contributed by atoms with Crippen molar-refractivity contribution in [1.29, 1.82) is 0 Å². The van der Waals surface area contributed by atoms with E-state index in [0.717, 1.165) is 6.07 Å². The van der Waals surface area contributed by atoms with Crippen LogP contribution < -0.4 is 0 Å². The van der Waals surface area contributed by atoms with Crippen molar-refractivity contribution in [3.8, 4) is 28.7 Å². The number of ether oxygens (including phenoxy) is 1. The number of aromatic carboxylic acids is 1. The van der Waals surface area contributed by atoms with Gasteiger partial charge in [0.2, 0.25) is 5.78 Å². The number of aromatic hydroxyl groups is 5. The predicted octanol–water partition coefficient (Wildman–Crippen LogP) is 3.92. The Labute approximate surface area is 216 Å². The van der Waals surface area contributed by atoms with E-state index in [2.05, 4.69) is 0 Å². The minimum atomic E-state index is -1.61. The van der Waals surface area contributed by atoms with Crippen molar-refractivity contribution in [2.45, 2.75) is 45.8 Å². The van der Waals surface area contributed by atoms with E-state index in [1.54, 1.807) is 20.8 Å². The first-order valence-corrected chi connectivity index (χ1v) is 11.8. The molecule has 10 heteroatoms. The average Bonchev–Trinajstić information content (AvgIpc) is 2.82. The smallest absolute Gasteiger partial charge is 0.343 e. The van der Waals surface area contributed by atoms with E-state index < -0.39 is 75.5 Å². The summed E-state index contributed by atoms with van der Waals surface area (Å²) in [5.41, 5.74) is -1.37. The lowest BCUT2D eigenvalue weighted by atomic mass is 9.77. The molecule has 3 atom stereocenters. The number of phenols is 5. The van der Waals surface area contributed by atoms with Gasteiger partial charge in [0.25, 0.3) is 0 Å². The van der Waals surface area contributed by atoms with Gasteiger partial charge in [-0.1, -0.05) is 6.92 Å². The van der Waals surface area contributed by atoms with E-state index in [-0.39, 0.29) is 33.4 Å². The third-order valence-corrected chi connectivity index (χ3v) is 7.55. The van der Waals surface area contributed by atoms with Crippen LogP contribution in [-0.4, -0.2) is 54.3 Å². The molecular weight excluding hydrogens is 496 g/mol. The summed E-state index contributed by atoms with van der Waals surface area (Å²) in [5.74, 6) is -6.97. The van der Waals surface area contributed by atoms with Crippen LogP contribution in [0, 0.1) is 13.8 Å². The van der Waals surface area contributed by atoms with Gasteiger partial charge >= 0.3 is 5.97 Å². The number of ketones is 2. The molecule has 0 bridgehead atoms. The van der Waals surface area contributed by atoms with Gasteiger partial charge in [-0.2, -0.15) is 0 Å². The molecule has 0 saturated heterocycles. The molecule has 0 saturated carbocycles. The lowest BCUT2D eigenvalue weighted by Gasteiger charge is -2.38. The molecule has 0 aromatic heterocycles. The number of carbonyl (C=O) groups is 3. The van der Waals surface area contributed by atoms with Gasteiger partial charge in [-0.3, -0.25) is 9.59 Å². The minimum absolute atomic E-state index is 0.0805. The zero-order valence-corrected chi connectivity index (χ0v) is 20.8. The standard InChI is InChI=1S/C28H24O10/c1-8-5-12-17(14(29)6-8)24(33)18-13(23(12)32)7-15(30)19(25(18)34)27-20-16(9(2)11(4)38-27)10(3)22(31)21(26(20)35)28(36)37/h5-7,9,11,27,29-31,34-35H,1-4H3,(H,36,37)/t9-,11-,27-/m1/s1. The molecule has 10 nitrogen and oxygen atoms in total. The highest BCUT2D eigenvalue weighted by Crippen LogP contribution is 2.55. The van der Waals surface area contributed by atoms with E-state index >= 15 is 0 Å².